The molecule has 2 radical (unpaired) electrons. The molecule has 0 aromatic heterocycles. The van der Waals surface area contributed by atoms with Gasteiger partial charge in [0.15, 0.2) is 5.91 Å². The molecule has 1 atom stereocenters. The molecule has 0 fully saturated rings. The van der Waals surface area contributed by atoms with Crippen LogP contribution in [-0.2, 0) is 14.0 Å². The lowest BCUT2D eigenvalue weighted by molar-refractivity contribution is -0.307. The Morgan fingerprint density at radius 1 is 1.50 bits per heavy atom. The minimum atomic E-state index is -1.70. The van der Waals surface area contributed by atoms with Crippen LogP contribution in [0.2, 0.25) is 0 Å². The molecule has 80 valence electrons. The van der Waals surface area contributed by atoms with Crippen LogP contribution in [0.1, 0.15) is 12.8 Å². The maximum absolute atomic E-state index is 10.8. The zero-order chi connectivity index (χ0) is 11.1. The van der Waals surface area contributed by atoms with Crippen LogP contribution in [0.4, 0.5) is 0 Å². The summed E-state index contributed by atoms with van der Waals surface area (Å²) in [5, 5.41) is 26.8. The van der Waals surface area contributed by atoms with Crippen molar-refractivity contribution in [1.82, 2.24) is 0 Å². The van der Waals surface area contributed by atoms with Gasteiger partial charge in [-0.3, -0.25) is 4.79 Å². The van der Waals surface area contributed by atoms with E-state index in [1.165, 1.54) is 0 Å². The topological polar surface area (TPSA) is 133 Å². The summed E-state index contributed by atoms with van der Waals surface area (Å²) in [6, 6.07) is -1.22. The summed E-state index contributed by atoms with van der Waals surface area (Å²) in [6.07, 6.45) is -0.304. The second-order valence-electron chi connectivity index (χ2n) is 2.43. The first kappa shape index (κ1) is 13.0. The summed E-state index contributed by atoms with van der Waals surface area (Å²) >= 11 is 0. The molecule has 0 aromatic rings. The third-order valence-corrected chi connectivity index (χ3v) is 1.80. The van der Waals surface area contributed by atoms with Crippen molar-refractivity contribution in [1.29, 1.82) is 0 Å². The van der Waals surface area contributed by atoms with Gasteiger partial charge in [-0.2, -0.15) is 0 Å². The highest BCUT2D eigenvalue weighted by Gasteiger charge is 2.11. The third kappa shape index (κ3) is 6.54. The number of hydrogen-bond acceptors (Lipinski definition) is 7. The van der Waals surface area contributed by atoms with Crippen molar-refractivity contribution in [2.45, 2.75) is 24.8 Å². The zero-order valence-corrected chi connectivity index (χ0v) is 8.17. The highest BCUT2D eigenvalue weighted by Crippen LogP contribution is 1.96. The smallest absolute Gasteiger partial charge is 0.379 e. The van der Waals surface area contributed by atoms with Crippen molar-refractivity contribution < 1.29 is 29.3 Å². The number of aliphatic hydroxyl groups is 2. The molecule has 0 unspecified atom stereocenters. The first-order valence-electron chi connectivity index (χ1n) is 3.71. The lowest BCUT2D eigenvalue weighted by atomic mass is 10.2. The summed E-state index contributed by atoms with van der Waals surface area (Å²) in [4.78, 5) is 20.9. The summed E-state index contributed by atoms with van der Waals surface area (Å²) in [6.45, 7) is 0. The molecule has 0 heterocycles. The summed E-state index contributed by atoms with van der Waals surface area (Å²) in [5.74, 6) is -3.87. The Morgan fingerprint density at radius 2 is 2.07 bits per heavy atom. The largest absolute Gasteiger partial charge is 0.548 e. The van der Waals surface area contributed by atoms with E-state index in [1.54, 1.807) is 0 Å². The number of aliphatic carboxylic acids is 1. The zero-order valence-electron chi connectivity index (χ0n) is 7.17. The number of aliphatic hydroxyl groups excluding tert-OH is 1. The first-order chi connectivity index (χ1) is 6.43. The molecule has 0 aliphatic rings. The third-order valence-electron chi connectivity index (χ3n) is 1.24. The fourth-order valence-corrected chi connectivity index (χ4v) is 0.900. The van der Waals surface area contributed by atoms with Gasteiger partial charge in [-0.05, 0) is 6.42 Å². The Labute approximate surface area is 82.4 Å². The Morgan fingerprint density at radius 3 is 2.50 bits per heavy atom. The molecule has 0 spiro atoms. The van der Waals surface area contributed by atoms with Gasteiger partial charge in [0.2, 0.25) is 0 Å². The Bertz CT molecular complexity index is 208. The van der Waals surface area contributed by atoms with Crippen LogP contribution < -0.4 is 10.8 Å². The second kappa shape index (κ2) is 6.48. The van der Waals surface area contributed by atoms with Crippen LogP contribution in [-0.4, -0.2) is 43.9 Å². The Kier molecular flexibility index (Phi) is 6.04. The lowest BCUT2D eigenvalue weighted by Gasteiger charge is -2.11. The van der Waals surface area contributed by atoms with Crippen LogP contribution in [0.5, 0.6) is 0 Å². The van der Waals surface area contributed by atoms with E-state index in [-0.39, 0.29) is 12.8 Å². The summed E-state index contributed by atoms with van der Waals surface area (Å²) in [7, 11) is -0.775. The molecule has 4 N–H and O–H groups in total. The molecule has 0 amide bonds. The predicted octanol–water partition coefficient (Wildman–Crippen LogP) is -3.73. The highest BCUT2D eigenvalue weighted by atomic mass is 28.2. The van der Waals surface area contributed by atoms with E-state index in [9.17, 15) is 14.7 Å². The van der Waals surface area contributed by atoms with E-state index in [2.05, 4.69) is 4.43 Å². The quantitative estimate of drug-likeness (QED) is 0.309. The van der Waals surface area contributed by atoms with Crippen molar-refractivity contribution in [2.75, 3.05) is 0 Å². The molecular formula is C6H10NO6Si-. The van der Waals surface area contributed by atoms with Gasteiger partial charge in [-0.25, -0.2) is 0 Å². The van der Waals surface area contributed by atoms with E-state index in [1.807, 2.05) is 0 Å². The van der Waals surface area contributed by atoms with Gasteiger partial charge >= 0.3 is 9.76 Å². The predicted molar refractivity (Wildman–Crippen MR) is 42.3 cm³/mol. The van der Waals surface area contributed by atoms with Crippen LogP contribution in [0.3, 0.4) is 0 Å². The van der Waals surface area contributed by atoms with E-state index in [0.717, 1.165) is 0 Å². The van der Waals surface area contributed by atoms with Crippen LogP contribution in [0.25, 0.3) is 0 Å². The standard InChI is InChI=1S/C6H11NO6Si/c7-3(5(9)10)1-2-4(8)13-14-6(11)12/h3,6,11-12H,1-2,7H2,(H,9,10)/p-1/t3-/m0/s1. The van der Waals surface area contributed by atoms with Gasteiger partial charge in [0.1, 0.15) is 0 Å². The van der Waals surface area contributed by atoms with Gasteiger partial charge in [0.25, 0.3) is 5.97 Å². The molecule has 7 nitrogen and oxygen atoms in total. The molecule has 0 saturated carbocycles. The maximum Gasteiger partial charge on any atom is 0.379 e. The number of carboxylic acids is 1. The Hall–Kier alpha value is -0.963. The monoisotopic (exact) mass is 220 g/mol. The fourth-order valence-electron chi connectivity index (χ4n) is 0.561. The van der Waals surface area contributed by atoms with Crippen molar-refractivity contribution in [3.05, 3.63) is 0 Å². The van der Waals surface area contributed by atoms with Gasteiger partial charge in [-0.15, -0.1) is 0 Å². The summed E-state index contributed by atoms with van der Waals surface area (Å²) in [5.41, 5.74) is 5.05. The van der Waals surface area contributed by atoms with Crippen LogP contribution in [0.15, 0.2) is 0 Å². The van der Waals surface area contributed by atoms with Gasteiger partial charge in [0, 0.05) is 12.5 Å². The van der Waals surface area contributed by atoms with Gasteiger partial charge in [0.05, 0.1) is 5.97 Å². The molecule has 0 saturated heterocycles. The molecule has 14 heavy (non-hydrogen) atoms. The fraction of sp³-hybridized carbons (Fsp3) is 0.667. The van der Waals surface area contributed by atoms with E-state index in [4.69, 9.17) is 15.9 Å². The van der Waals surface area contributed by atoms with Crippen molar-refractivity contribution in [3.63, 3.8) is 0 Å². The molecule has 0 aromatic carbocycles. The van der Waals surface area contributed by atoms with Crippen LogP contribution in [0, 0.1) is 0 Å². The SMILES string of the molecule is N[C@@H](CCC(=O)O[Si]C(O)O)C(=O)[O-]. The highest BCUT2D eigenvalue weighted by molar-refractivity contribution is 6.31. The maximum atomic E-state index is 10.8. The van der Waals surface area contributed by atoms with Crippen molar-refractivity contribution >= 4 is 21.7 Å². The molecule has 8 heteroatoms. The van der Waals surface area contributed by atoms with E-state index >= 15 is 0 Å². The number of hydrogen-bond donors (Lipinski definition) is 3. The number of carbonyl (C=O) groups excluding carboxylic acids is 2. The average Bonchev–Trinajstić information content (AvgIpc) is 2.10. The molecule has 0 aliphatic heterocycles. The molecule has 0 bridgehead atoms. The van der Waals surface area contributed by atoms with Crippen molar-refractivity contribution in [3.8, 4) is 0 Å². The normalized spacial score (nSPS) is 12.6. The number of nitrogens with two attached hydrogens (primary N) is 1. The number of rotatable bonds is 6. The van der Waals surface area contributed by atoms with Crippen molar-refractivity contribution in [2.24, 2.45) is 5.73 Å². The number of carbonyl (C=O) groups is 2. The van der Waals surface area contributed by atoms with E-state index in [0.29, 0.717) is 0 Å². The second-order valence-corrected chi connectivity index (χ2v) is 3.39. The number of carboxylic acid groups (broad SMARTS) is 1. The van der Waals surface area contributed by atoms with Gasteiger partial charge in [-0.1, -0.05) is 0 Å². The van der Waals surface area contributed by atoms with E-state index < -0.39 is 33.7 Å². The first-order valence-corrected chi connectivity index (χ1v) is 4.70. The lowest BCUT2D eigenvalue weighted by Crippen LogP contribution is -2.42. The minimum Gasteiger partial charge on any atom is -0.548 e. The molecular weight excluding hydrogens is 210 g/mol. The molecule has 0 rings (SSSR count). The minimum absolute atomic E-state index is 0.104. The summed E-state index contributed by atoms with van der Waals surface area (Å²) < 4.78 is 4.35. The average molecular weight is 220 g/mol. The van der Waals surface area contributed by atoms with Crippen LogP contribution >= 0.6 is 0 Å². The van der Waals surface area contributed by atoms with Gasteiger partial charge < -0.3 is 30.3 Å². The molecule has 0 aliphatic carbocycles. The Balaban J connectivity index is 3.59.